The summed E-state index contributed by atoms with van der Waals surface area (Å²) in [6.45, 7) is 0.153. The first-order valence-electron chi connectivity index (χ1n) is 7.66. The number of hydrogen-bond donors (Lipinski definition) is 0. The van der Waals surface area contributed by atoms with Gasteiger partial charge in [0, 0.05) is 5.56 Å². The molecule has 1 heterocycles. The van der Waals surface area contributed by atoms with Gasteiger partial charge in [0.05, 0.1) is 25.8 Å². The molecule has 0 N–H and O–H groups in total. The minimum absolute atomic E-state index is 0.153. The van der Waals surface area contributed by atoms with E-state index in [4.69, 9.17) is 23.4 Å². The highest BCUT2D eigenvalue weighted by Crippen LogP contribution is 2.40. The van der Waals surface area contributed by atoms with Gasteiger partial charge in [-0.15, -0.1) is 10.2 Å². The third-order valence-corrected chi connectivity index (χ3v) is 4.22. The molecule has 0 atom stereocenters. The smallest absolute Gasteiger partial charge is 0.254 e. The van der Waals surface area contributed by atoms with E-state index in [9.17, 15) is 0 Å². The lowest BCUT2D eigenvalue weighted by Gasteiger charge is -2.12. The molecule has 0 aliphatic carbocycles. The second-order valence-corrected chi connectivity index (χ2v) is 5.99. The highest BCUT2D eigenvalue weighted by molar-refractivity contribution is 9.10. The standard InChI is InChI=1S/C18H17BrN2O5/c1-22-14-8-11(9-15(23-2)17(14)24-3)18-21-20-16(26-18)10-25-13-7-5-4-6-12(13)19/h4-9H,10H2,1-3H3. The van der Waals surface area contributed by atoms with Gasteiger partial charge in [0.25, 0.3) is 5.89 Å². The molecular weight excluding hydrogens is 404 g/mol. The van der Waals surface area contributed by atoms with Crippen molar-refractivity contribution in [2.75, 3.05) is 21.3 Å². The van der Waals surface area contributed by atoms with Crippen LogP contribution in [0.2, 0.25) is 0 Å². The molecule has 2 aromatic carbocycles. The van der Waals surface area contributed by atoms with Gasteiger partial charge in [0.1, 0.15) is 5.75 Å². The zero-order valence-corrected chi connectivity index (χ0v) is 16.1. The molecule has 0 fully saturated rings. The normalized spacial score (nSPS) is 10.5. The quantitative estimate of drug-likeness (QED) is 0.569. The van der Waals surface area contributed by atoms with Gasteiger partial charge < -0.3 is 23.4 Å². The largest absolute Gasteiger partial charge is 0.493 e. The van der Waals surface area contributed by atoms with Crippen LogP contribution < -0.4 is 18.9 Å². The van der Waals surface area contributed by atoms with E-state index in [1.807, 2.05) is 24.3 Å². The van der Waals surface area contributed by atoms with Crippen molar-refractivity contribution in [2.24, 2.45) is 0 Å². The molecule has 0 aliphatic heterocycles. The summed E-state index contributed by atoms with van der Waals surface area (Å²) in [5.41, 5.74) is 0.652. The molecule has 26 heavy (non-hydrogen) atoms. The van der Waals surface area contributed by atoms with E-state index in [0.29, 0.717) is 40.3 Å². The summed E-state index contributed by atoms with van der Waals surface area (Å²) >= 11 is 3.43. The molecule has 0 saturated heterocycles. The molecule has 0 saturated carbocycles. The number of rotatable bonds is 7. The zero-order chi connectivity index (χ0) is 18.5. The Morgan fingerprint density at radius 3 is 2.23 bits per heavy atom. The van der Waals surface area contributed by atoms with Gasteiger partial charge >= 0.3 is 0 Å². The summed E-state index contributed by atoms with van der Waals surface area (Å²) in [4.78, 5) is 0. The van der Waals surface area contributed by atoms with Crippen LogP contribution in [0.5, 0.6) is 23.0 Å². The average Bonchev–Trinajstić information content (AvgIpc) is 3.15. The first kappa shape index (κ1) is 18.1. The fourth-order valence-corrected chi connectivity index (χ4v) is 2.73. The van der Waals surface area contributed by atoms with Gasteiger partial charge in [-0.05, 0) is 40.2 Å². The number of nitrogens with zero attached hydrogens (tertiary/aromatic N) is 2. The van der Waals surface area contributed by atoms with Gasteiger partial charge in [-0.2, -0.15) is 0 Å². The molecule has 136 valence electrons. The summed E-state index contributed by atoms with van der Waals surface area (Å²) in [6, 6.07) is 11.0. The van der Waals surface area contributed by atoms with Crippen molar-refractivity contribution in [1.29, 1.82) is 0 Å². The molecule has 8 heteroatoms. The number of aromatic nitrogens is 2. The minimum Gasteiger partial charge on any atom is -0.493 e. The van der Waals surface area contributed by atoms with Crippen LogP contribution in [0.15, 0.2) is 45.3 Å². The number of halogens is 1. The van der Waals surface area contributed by atoms with E-state index >= 15 is 0 Å². The summed E-state index contributed by atoms with van der Waals surface area (Å²) in [5.74, 6) is 2.88. The van der Waals surface area contributed by atoms with Crippen LogP contribution in [0.25, 0.3) is 11.5 Å². The van der Waals surface area contributed by atoms with Gasteiger partial charge in [-0.25, -0.2) is 0 Å². The van der Waals surface area contributed by atoms with E-state index in [-0.39, 0.29) is 6.61 Å². The number of para-hydroxylation sites is 1. The van der Waals surface area contributed by atoms with Crippen LogP contribution in [0, 0.1) is 0 Å². The average molecular weight is 421 g/mol. The Kier molecular flexibility index (Phi) is 5.62. The van der Waals surface area contributed by atoms with Gasteiger partial charge in [0.15, 0.2) is 18.1 Å². The van der Waals surface area contributed by atoms with E-state index < -0.39 is 0 Å². The van der Waals surface area contributed by atoms with Gasteiger partial charge in [0.2, 0.25) is 11.6 Å². The molecule has 0 spiro atoms. The van der Waals surface area contributed by atoms with Crippen LogP contribution in [0.3, 0.4) is 0 Å². The Hall–Kier alpha value is -2.74. The third kappa shape index (κ3) is 3.75. The topological polar surface area (TPSA) is 75.8 Å². The molecule has 0 bridgehead atoms. The van der Waals surface area contributed by atoms with Crippen LogP contribution in [0.1, 0.15) is 5.89 Å². The van der Waals surface area contributed by atoms with E-state index in [0.717, 1.165) is 4.47 Å². The van der Waals surface area contributed by atoms with E-state index in [1.165, 1.54) is 0 Å². The van der Waals surface area contributed by atoms with Crippen LogP contribution >= 0.6 is 15.9 Å². The fraction of sp³-hybridized carbons (Fsp3) is 0.222. The molecule has 3 rings (SSSR count). The van der Waals surface area contributed by atoms with E-state index in [1.54, 1.807) is 33.5 Å². The molecular formula is C18H17BrN2O5. The first-order chi connectivity index (χ1) is 12.7. The van der Waals surface area contributed by atoms with Crippen molar-refractivity contribution in [3.05, 3.63) is 46.8 Å². The highest BCUT2D eigenvalue weighted by atomic mass is 79.9. The maximum absolute atomic E-state index is 5.69. The molecule has 1 aromatic heterocycles. The lowest BCUT2D eigenvalue weighted by molar-refractivity contribution is 0.263. The Balaban J connectivity index is 1.82. The van der Waals surface area contributed by atoms with Crippen LogP contribution in [-0.4, -0.2) is 31.5 Å². The van der Waals surface area contributed by atoms with Crippen molar-refractivity contribution in [1.82, 2.24) is 10.2 Å². The van der Waals surface area contributed by atoms with Crippen molar-refractivity contribution in [3.8, 4) is 34.5 Å². The summed E-state index contributed by atoms with van der Waals surface area (Å²) in [6.07, 6.45) is 0. The van der Waals surface area contributed by atoms with Crippen molar-refractivity contribution >= 4 is 15.9 Å². The number of ether oxygens (including phenoxy) is 4. The minimum atomic E-state index is 0.153. The molecule has 0 amide bonds. The maximum atomic E-state index is 5.69. The first-order valence-corrected chi connectivity index (χ1v) is 8.45. The Labute approximate surface area is 159 Å². The zero-order valence-electron chi connectivity index (χ0n) is 14.5. The van der Waals surface area contributed by atoms with Gasteiger partial charge in [-0.3, -0.25) is 0 Å². The van der Waals surface area contributed by atoms with E-state index in [2.05, 4.69) is 26.1 Å². The summed E-state index contributed by atoms with van der Waals surface area (Å²) in [5, 5.41) is 8.09. The second-order valence-electron chi connectivity index (χ2n) is 5.13. The molecule has 0 aliphatic rings. The van der Waals surface area contributed by atoms with Gasteiger partial charge in [-0.1, -0.05) is 12.1 Å². The predicted molar refractivity (Wildman–Crippen MR) is 97.9 cm³/mol. The number of benzene rings is 2. The Bertz CT molecular complexity index is 872. The monoisotopic (exact) mass is 420 g/mol. The predicted octanol–water partition coefficient (Wildman–Crippen LogP) is 4.10. The number of methoxy groups -OCH3 is 3. The highest BCUT2D eigenvalue weighted by Gasteiger charge is 2.17. The third-order valence-electron chi connectivity index (χ3n) is 3.57. The fourth-order valence-electron chi connectivity index (χ4n) is 2.33. The molecule has 3 aromatic rings. The van der Waals surface area contributed by atoms with Crippen molar-refractivity contribution in [2.45, 2.75) is 6.61 Å². The summed E-state index contributed by atoms with van der Waals surface area (Å²) < 4.78 is 28.2. The SMILES string of the molecule is COc1cc(-c2nnc(COc3ccccc3Br)o2)cc(OC)c1OC. The van der Waals surface area contributed by atoms with Crippen LogP contribution in [0.4, 0.5) is 0 Å². The second kappa shape index (κ2) is 8.09. The molecule has 0 unspecified atom stereocenters. The summed E-state index contributed by atoms with van der Waals surface area (Å²) in [7, 11) is 4.64. The van der Waals surface area contributed by atoms with Crippen molar-refractivity contribution in [3.63, 3.8) is 0 Å². The maximum Gasteiger partial charge on any atom is 0.254 e. The lowest BCUT2D eigenvalue weighted by atomic mass is 10.2. The van der Waals surface area contributed by atoms with Crippen LogP contribution in [-0.2, 0) is 6.61 Å². The lowest BCUT2D eigenvalue weighted by Crippen LogP contribution is -1.96. The molecule has 7 nitrogen and oxygen atoms in total. The Morgan fingerprint density at radius 1 is 0.923 bits per heavy atom. The Morgan fingerprint density at radius 2 is 1.62 bits per heavy atom. The number of hydrogen-bond acceptors (Lipinski definition) is 7. The van der Waals surface area contributed by atoms with Crippen molar-refractivity contribution < 1.29 is 23.4 Å². The molecule has 0 radical (unpaired) electrons.